The fourth-order valence-corrected chi connectivity index (χ4v) is 3.80. The fraction of sp³-hybridized carbons (Fsp3) is 0.455. The van der Waals surface area contributed by atoms with E-state index in [-0.39, 0.29) is 18.1 Å². The number of carboxylic acids is 1. The molecular formula is C11H13FN2O4S. The second-order valence-corrected chi connectivity index (χ2v) is 6.74. The first-order chi connectivity index (χ1) is 8.92. The molecule has 2 heterocycles. The Balaban J connectivity index is 2.12. The SMILES string of the molecule is O=C(O)c1ccnc(NCC2CCCS2(=O)=O)c1F. The molecule has 8 heteroatoms. The zero-order valence-electron chi connectivity index (χ0n) is 9.97. The summed E-state index contributed by atoms with van der Waals surface area (Å²) < 4.78 is 36.9. The smallest absolute Gasteiger partial charge is 0.338 e. The molecule has 0 bridgehead atoms. The molecule has 1 aromatic heterocycles. The van der Waals surface area contributed by atoms with Crippen LogP contribution in [0.3, 0.4) is 0 Å². The summed E-state index contributed by atoms with van der Waals surface area (Å²) in [6, 6.07) is 1.05. The highest BCUT2D eigenvalue weighted by molar-refractivity contribution is 7.92. The van der Waals surface area contributed by atoms with Crippen molar-refractivity contribution in [2.24, 2.45) is 0 Å². The first-order valence-corrected chi connectivity index (χ1v) is 7.46. The number of hydrogen-bond acceptors (Lipinski definition) is 5. The number of halogens is 1. The Morgan fingerprint density at radius 1 is 1.58 bits per heavy atom. The Hall–Kier alpha value is -1.70. The van der Waals surface area contributed by atoms with Crippen LogP contribution in [-0.4, -0.2) is 42.0 Å². The third-order valence-corrected chi connectivity index (χ3v) is 5.36. The maximum Gasteiger partial charge on any atom is 0.338 e. The molecule has 0 saturated carbocycles. The molecule has 1 atom stereocenters. The van der Waals surface area contributed by atoms with Crippen LogP contribution in [0.4, 0.5) is 10.2 Å². The standard InChI is InChI=1S/C11H13FN2O4S/c12-9-8(11(15)16)3-4-13-10(9)14-6-7-2-1-5-19(7,17)18/h3-4,7H,1-2,5-6H2,(H,13,14)(H,15,16). The molecule has 1 aliphatic rings. The van der Waals surface area contributed by atoms with E-state index in [9.17, 15) is 17.6 Å². The lowest BCUT2D eigenvalue weighted by Gasteiger charge is -2.12. The number of carbonyl (C=O) groups is 1. The second kappa shape index (κ2) is 5.12. The van der Waals surface area contributed by atoms with E-state index >= 15 is 0 Å². The lowest BCUT2D eigenvalue weighted by Crippen LogP contribution is -2.26. The summed E-state index contributed by atoms with van der Waals surface area (Å²) in [6.45, 7) is 0.0370. The van der Waals surface area contributed by atoms with E-state index in [2.05, 4.69) is 10.3 Å². The zero-order chi connectivity index (χ0) is 14.0. The second-order valence-electron chi connectivity index (χ2n) is 4.34. The number of nitrogens with one attached hydrogen (secondary N) is 1. The Labute approximate surface area is 109 Å². The lowest BCUT2D eigenvalue weighted by molar-refractivity contribution is 0.0692. The predicted octanol–water partition coefficient (Wildman–Crippen LogP) is 0.908. The average Bonchev–Trinajstić information content (AvgIpc) is 2.67. The van der Waals surface area contributed by atoms with Gasteiger partial charge < -0.3 is 10.4 Å². The Morgan fingerprint density at radius 2 is 2.32 bits per heavy atom. The van der Waals surface area contributed by atoms with Crippen LogP contribution < -0.4 is 5.32 Å². The molecule has 0 aliphatic carbocycles. The highest BCUT2D eigenvalue weighted by atomic mass is 32.2. The van der Waals surface area contributed by atoms with Gasteiger partial charge in [0.15, 0.2) is 21.5 Å². The molecule has 6 nitrogen and oxygen atoms in total. The molecular weight excluding hydrogens is 275 g/mol. The Bertz CT molecular complexity index is 603. The molecule has 0 amide bonds. The topological polar surface area (TPSA) is 96.4 Å². The predicted molar refractivity (Wildman–Crippen MR) is 66.5 cm³/mol. The van der Waals surface area contributed by atoms with Gasteiger partial charge in [-0.05, 0) is 18.9 Å². The van der Waals surface area contributed by atoms with E-state index < -0.39 is 32.4 Å². The molecule has 1 saturated heterocycles. The van der Waals surface area contributed by atoms with Gasteiger partial charge in [-0.25, -0.2) is 22.6 Å². The number of aromatic carboxylic acids is 1. The van der Waals surface area contributed by atoms with Crippen molar-refractivity contribution in [1.82, 2.24) is 4.98 Å². The van der Waals surface area contributed by atoms with Gasteiger partial charge in [0.2, 0.25) is 0 Å². The van der Waals surface area contributed by atoms with E-state index in [1.807, 2.05) is 0 Å². The van der Waals surface area contributed by atoms with Gasteiger partial charge in [0.25, 0.3) is 0 Å². The number of aromatic nitrogens is 1. The number of rotatable bonds is 4. The maximum absolute atomic E-state index is 13.7. The molecule has 2 rings (SSSR count). The Morgan fingerprint density at radius 3 is 2.89 bits per heavy atom. The van der Waals surface area contributed by atoms with Crippen LogP contribution in [0.1, 0.15) is 23.2 Å². The lowest BCUT2D eigenvalue weighted by atomic mass is 10.2. The van der Waals surface area contributed by atoms with Gasteiger partial charge in [-0.15, -0.1) is 0 Å². The van der Waals surface area contributed by atoms with Crippen molar-refractivity contribution >= 4 is 21.6 Å². The van der Waals surface area contributed by atoms with Crippen molar-refractivity contribution in [2.45, 2.75) is 18.1 Å². The van der Waals surface area contributed by atoms with Crippen molar-refractivity contribution in [3.63, 3.8) is 0 Å². The van der Waals surface area contributed by atoms with Crippen molar-refractivity contribution in [1.29, 1.82) is 0 Å². The van der Waals surface area contributed by atoms with E-state index in [0.717, 1.165) is 12.3 Å². The van der Waals surface area contributed by atoms with Crippen LogP contribution >= 0.6 is 0 Å². The van der Waals surface area contributed by atoms with Crippen LogP contribution in [0.2, 0.25) is 0 Å². The minimum absolute atomic E-state index is 0.0370. The monoisotopic (exact) mass is 288 g/mol. The van der Waals surface area contributed by atoms with Crippen molar-refractivity contribution in [2.75, 3.05) is 17.6 Å². The van der Waals surface area contributed by atoms with Crippen LogP contribution in [0.15, 0.2) is 12.3 Å². The maximum atomic E-state index is 13.7. The van der Waals surface area contributed by atoms with Gasteiger partial charge in [0.05, 0.1) is 11.0 Å². The first-order valence-electron chi connectivity index (χ1n) is 5.75. The average molecular weight is 288 g/mol. The van der Waals surface area contributed by atoms with Crippen molar-refractivity contribution in [3.8, 4) is 0 Å². The summed E-state index contributed by atoms with van der Waals surface area (Å²) in [5.41, 5.74) is -0.494. The summed E-state index contributed by atoms with van der Waals surface area (Å²) in [5.74, 6) is -2.46. The number of pyridine rings is 1. The fourth-order valence-electron chi connectivity index (χ4n) is 2.03. The molecule has 2 N–H and O–H groups in total. The highest BCUT2D eigenvalue weighted by Crippen LogP contribution is 2.21. The largest absolute Gasteiger partial charge is 0.478 e. The van der Waals surface area contributed by atoms with Gasteiger partial charge in [-0.2, -0.15) is 0 Å². The van der Waals surface area contributed by atoms with E-state index in [1.54, 1.807) is 0 Å². The highest BCUT2D eigenvalue weighted by Gasteiger charge is 2.31. The van der Waals surface area contributed by atoms with Crippen LogP contribution in [0, 0.1) is 5.82 Å². The first kappa shape index (κ1) is 13.7. The third-order valence-electron chi connectivity index (χ3n) is 3.08. The van der Waals surface area contributed by atoms with Gasteiger partial charge in [0, 0.05) is 12.7 Å². The van der Waals surface area contributed by atoms with Crippen molar-refractivity contribution < 1.29 is 22.7 Å². The molecule has 1 fully saturated rings. The minimum atomic E-state index is -3.13. The number of hydrogen-bond donors (Lipinski definition) is 2. The molecule has 19 heavy (non-hydrogen) atoms. The molecule has 0 radical (unpaired) electrons. The van der Waals surface area contributed by atoms with Crippen LogP contribution in [0.25, 0.3) is 0 Å². The van der Waals surface area contributed by atoms with E-state index in [4.69, 9.17) is 5.11 Å². The van der Waals surface area contributed by atoms with Gasteiger partial charge in [0.1, 0.15) is 5.56 Å². The molecule has 0 aromatic carbocycles. The molecule has 0 spiro atoms. The summed E-state index contributed by atoms with van der Waals surface area (Å²) in [6.07, 6.45) is 2.29. The van der Waals surface area contributed by atoms with E-state index in [1.165, 1.54) is 0 Å². The third kappa shape index (κ3) is 2.83. The quantitative estimate of drug-likeness (QED) is 0.854. The van der Waals surface area contributed by atoms with Gasteiger partial charge in [-0.3, -0.25) is 0 Å². The van der Waals surface area contributed by atoms with Crippen LogP contribution in [0.5, 0.6) is 0 Å². The summed E-state index contributed by atoms with van der Waals surface area (Å²) in [7, 11) is -3.13. The molecule has 1 aliphatic heterocycles. The summed E-state index contributed by atoms with van der Waals surface area (Å²) >= 11 is 0. The summed E-state index contributed by atoms with van der Waals surface area (Å²) in [4.78, 5) is 14.4. The van der Waals surface area contributed by atoms with E-state index in [0.29, 0.717) is 12.8 Å². The number of carboxylic acid groups (broad SMARTS) is 1. The van der Waals surface area contributed by atoms with Crippen molar-refractivity contribution in [3.05, 3.63) is 23.6 Å². The van der Waals surface area contributed by atoms with Gasteiger partial charge in [-0.1, -0.05) is 0 Å². The Kier molecular flexibility index (Phi) is 3.70. The minimum Gasteiger partial charge on any atom is -0.478 e. The number of nitrogens with zero attached hydrogens (tertiary/aromatic N) is 1. The molecule has 1 unspecified atom stereocenters. The number of anilines is 1. The normalized spacial score (nSPS) is 21.2. The molecule has 104 valence electrons. The zero-order valence-corrected chi connectivity index (χ0v) is 10.8. The molecule has 1 aromatic rings. The van der Waals surface area contributed by atoms with Crippen LogP contribution in [-0.2, 0) is 9.84 Å². The number of sulfone groups is 1. The summed E-state index contributed by atoms with van der Waals surface area (Å²) in [5, 5.41) is 10.8. The van der Waals surface area contributed by atoms with Gasteiger partial charge >= 0.3 is 5.97 Å².